The first-order valence-corrected chi connectivity index (χ1v) is 16.1. The molecule has 1 atom stereocenters. The van der Waals surface area contributed by atoms with Crippen molar-refractivity contribution in [2.45, 2.75) is 24.0 Å². The molecule has 0 aliphatic heterocycles. The molecule has 0 saturated carbocycles. The fraction of sp³-hybridized carbons (Fsp3) is 0.103. The lowest BCUT2D eigenvalue weighted by Gasteiger charge is -2.18. The number of benzene rings is 5. The number of carbonyl (C=O) groups is 3. The molecule has 8 heteroatoms. The Labute approximate surface area is 279 Å². The zero-order valence-electron chi connectivity index (χ0n) is 26.1. The lowest BCUT2D eigenvalue weighted by Crippen LogP contribution is -2.30. The molecule has 0 spiro atoms. The van der Waals surface area contributed by atoms with Crippen LogP contribution in [0.4, 0.5) is 11.4 Å². The van der Waals surface area contributed by atoms with Gasteiger partial charge in [-0.1, -0.05) is 78.4 Å². The van der Waals surface area contributed by atoms with Gasteiger partial charge in [-0.2, -0.15) is 0 Å². The molecule has 236 valence electrons. The monoisotopic (exact) mass is 641 g/mol. The van der Waals surface area contributed by atoms with E-state index in [0.29, 0.717) is 23.5 Å². The molecule has 3 N–H and O–H groups in total. The Kier molecular flexibility index (Phi) is 11.2. The van der Waals surface area contributed by atoms with E-state index >= 15 is 0 Å². The second-order valence-electron chi connectivity index (χ2n) is 10.6. The van der Waals surface area contributed by atoms with Crippen LogP contribution in [0.5, 0.6) is 5.75 Å². The van der Waals surface area contributed by atoms with Gasteiger partial charge in [-0.05, 0) is 91.7 Å². The third kappa shape index (κ3) is 9.45. The van der Waals surface area contributed by atoms with Crippen molar-refractivity contribution in [1.29, 1.82) is 0 Å². The van der Waals surface area contributed by atoms with Gasteiger partial charge in [-0.25, -0.2) is 0 Å². The summed E-state index contributed by atoms with van der Waals surface area (Å²) in [5.41, 5.74) is 4.48. The van der Waals surface area contributed by atoms with Crippen molar-refractivity contribution in [3.05, 3.63) is 161 Å². The first-order valence-electron chi connectivity index (χ1n) is 15.2. The summed E-state index contributed by atoms with van der Waals surface area (Å²) < 4.78 is 5.51. The smallest absolute Gasteiger partial charge is 0.272 e. The van der Waals surface area contributed by atoms with Crippen LogP contribution in [0.25, 0.3) is 6.08 Å². The van der Waals surface area contributed by atoms with Gasteiger partial charge in [0.15, 0.2) is 0 Å². The molecule has 0 bridgehead atoms. The van der Waals surface area contributed by atoms with Crippen LogP contribution in [-0.2, 0) is 9.59 Å². The van der Waals surface area contributed by atoms with E-state index in [0.717, 1.165) is 27.3 Å². The summed E-state index contributed by atoms with van der Waals surface area (Å²) in [6.45, 7) is 4.47. The summed E-state index contributed by atoms with van der Waals surface area (Å²) in [6.07, 6.45) is 1.65. The topological polar surface area (TPSA) is 96.5 Å². The van der Waals surface area contributed by atoms with Gasteiger partial charge in [0.1, 0.15) is 16.7 Å². The van der Waals surface area contributed by atoms with E-state index in [9.17, 15) is 14.4 Å². The third-order valence-corrected chi connectivity index (χ3v) is 8.32. The zero-order chi connectivity index (χ0) is 33.0. The Morgan fingerprint density at radius 1 is 0.723 bits per heavy atom. The van der Waals surface area contributed by atoms with Crippen LogP contribution in [0.3, 0.4) is 0 Å². The van der Waals surface area contributed by atoms with E-state index in [2.05, 4.69) is 16.0 Å². The minimum absolute atomic E-state index is 0.108. The number of hydrogen-bond acceptors (Lipinski definition) is 5. The summed E-state index contributed by atoms with van der Waals surface area (Å²) in [4.78, 5) is 40.8. The van der Waals surface area contributed by atoms with Crippen LogP contribution < -0.4 is 20.7 Å². The molecule has 47 heavy (non-hydrogen) atoms. The van der Waals surface area contributed by atoms with Crippen LogP contribution in [0.1, 0.15) is 39.2 Å². The summed E-state index contributed by atoms with van der Waals surface area (Å²) in [5, 5.41) is 8.15. The van der Waals surface area contributed by atoms with Crippen LogP contribution in [-0.4, -0.2) is 24.3 Å². The molecule has 0 heterocycles. The predicted octanol–water partition coefficient (Wildman–Crippen LogP) is 8.28. The Morgan fingerprint density at radius 2 is 1.32 bits per heavy atom. The number of amides is 3. The predicted molar refractivity (Wildman–Crippen MR) is 189 cm³/mol. The van der Waals surface area contributed by atoms with Crippen molar-refractivity contribution >= 4 is 46.9 Å². The Hall–Kier alpha value is -5.60. The minimum atomic E-state index is -0.527. The first-order chi connectivity index (χ1) is 22.9. The molecule has 0 radical (unpaired) electrons. The first kappa shape index (κ1) is 32.8. The van der Waals surface area contributed by atoms with Gasteiger partial charge in [0.25, 0.3) is 11.8 Å². The average Bonchev–Trinajstić information content (AvgIpc) is 3.10. The van der Waals surface area contributed by atoms with Crippen molar-refractivity contribution in [1.82, 2.24) is 5.32 Å². The van der Waals surface area contributed by atoms with Crippen LogP contribution >= 0.6 is 11.8 Å². The molecule has 7 nitrogen and oxygen atoms in total. The van der Waals surface area contributed by atoms with E-state index < -0.39 is 11.2 Å². The van der Waals surface area contributed by atoms with E-state index in [-0.39, 0.29) is 17.5 Å². The highest BCUT2D eigenvalue weighted by Crippen LogP contribution is 2.37. The maximum Gasteiger partial charge on any atom is 0.272 e. The van der Waals surface area contributed by atoms with Gasteiger partial charge in [0.05, 0.1) is 6.61 Å². The van der Waals surface area contributed by atoms with Gasteiger partial charge in [-0.15, -0.1) is 11.8 Å². The minimum Gasteiger partial charge on any atom is -0.494 e. The molecule has 0 fully saturated rings. The number of hydrogen-bond donors (Lipinski definition) is 3. The number of carbonyl (C=O) groups excluding carboxylic acids is 3. The summed E-state index contributed by atoms with van der Waals surface area (Å²) in [5.74, 6) is -0.278. The maximum atomic E-state index is 13.5. The van der Waals surface area contributed by atoms with E-state index in [1.165, 1.54) is 11.8 Å². The van der Waals surface area contributed by atoms with Crippen molar-refractivity contribution in [3.63, 3.8) is 0 Å². The Bertz CT molecular complexity index is 1820. The number of nitrogens with one attached hydrogen (secondary N) is 3. The summed E-state index contributed by atoms with van der Waals surface area (Å²) >= 11 is 1.41. The standard InChI is InChI=1S/C39H35N3O4S/c1-3-46-33-22-18-31(19-23-33)41-39(45)36(29-10-6-4-7-11-29)47-34-24-20-32(21-25-34)40-38(44)35(26-28-16-14-27(2)15-17-28)42-37(43)30-12-8-5-9-13-30/h4-26,36H,3H2,1-2H3,(H,40,44)(H,41,45)(H,42,43)/b35-26-. The third-order valence-electron chi connectivity index (χ3n) is 7.06. The Morgan fingerprint density at radius 3 is 1.96 bits per heavy atom. The normalized spacial score (nSPS) is 11.7. The second kappa shape index (κ2) is 16.1. The molecule has 0 aromatic heterocycles. The van der Waals surface area contributed by atoms with E-state index in [1.54, 1.807) is 42.5 Å². The molecule has 5 rings (SSSR count). The molecule has 1 unspecified atom stereocenters. The summed E-state index contributed by atoms with van der Waals surface area (Å²) in [6, 6.07) is 40.5. The molecule has 0 saturated heterocycles. The fourth-order valence-electron chi connectivity index (χ4n) is 4.63. The van der Waals surface area contributed by atoms with Crippen molar-refractivity contribution < 1.29 is 19.1 Å². The molecular formula is C39H35N3O4S. The molecule has 0 aliphatic rings. The number of aryl methyl sites for hydroxylation is 1. The molecule has 0 aliphatic carbocycles. The largest absolute Gasteiger partial charge is 0.494 e. The van der Waals surface area contributed by atoms with Gasteiger partial charge in [-0.3, -0.25) is 14.4 Å². The summed E-state index contributed by atoms with van der Waals surface area (Å²) in [7, 11) is 0. The Balaban J connectivity index is 1.30. The molecule has 3 amide bonds. The number of thioether (sulfide) groups is 1. The molecule has 5 aromatic carbocycles. The van der Waals surface area contributed by atoms with Gasteiger partial charge in [0, 0.05) is 21.8 Å². The maximum absolute atomic E-state index is 13.5. The van der Waals surface area contributed by atoms with Crippen molar-refractivity contribution in [2.24, 2.45) is 0 Å². The second-order valence-corrected chi connectivity index (χ2v) is 11.8. The van der Waals surface area contributed by atoms with Crippen molar-refractivity contribution in [3.8, 4) is 5.75 Å². The highest BCUT2D eigenvalue weighted by molar-refractivity contribution is 8.00. The lowest BCUT2D eigenvalue weighted by atomic mass is 10.1. The van der Waals surface area contributed by atoms with Gasteiger partial charge >= 0.3 is 0 Å². The number of anilines is 2. The van der Waals surface area contributed by atoms with Gasteiger partial charge < -0.3 is 20.7 Å². The zero-order valence-corrected chi connectivity index (χ0v) is 26.9. The number of ether oxygens (including phenoxy) is 1. The fourth-order valence-corrected chi connectivity index (χ4v) is 5.66. The average molecular weight is 642 g/mol. The van der Waals surface area contributed by atoms with Crippen molar-refractivity contribution in [2.75, 3.05) is 17.2 Å². The van der Waals surface area contributed by atoms with Crippen LogP contribution in [0.2, 0.25) is 0 Å². The highest BCUT2D eigenvalue weighted by atomic mass is 32.2. The lowest BCUT2D eigenvalue weighted by molar-refractivity contribution is -0.116. The van der Waals surface area contributed by atoms with Crippen LogP contribution in [0, 0.1) is 6.92 Å². The highest BCUT2D eigenvalue weighted by Gasteiger charge is 2.22. The van der Waals surface area contributed by atoms with Crippen LogP contribution in [0.15, 0.2) is 144 Å². The number of rotatable bonds is 12. The molecular weight excluding hydrogens is 607 g/mol. The van der Waals surface area contributed by atoms with Gasteiger partial charge in [0.2, 0.25) is 5.91 Å². The quantitative estimate of drug-likeness (QED) is 0.0941. The molecule has 5 aromatic rings. The van der Waals surface area contributed by atoms with E-state index in [4.69, 9.17) is 4.74 Å². The van der Waals surface area contributed by atoms with E-state index in [1.807, 2.05) is 111 Å². The SMILES string of the molecule is CCOc1ccc(NC(=O)C(Sc2ccc(NC(=O)/C(=C/c3ccc(C)cc3)NC(=O)c3ccccc3)cc2)c2ccccc2)cc1.